The highest BCUT2D eigenvalue weighted by molar-refractivity contribution is 5.21. The number of aliphatic hydroxyl groups excluding tert-OH is 1. The topological polar surface area (TPSA) is 20.2 Å². The Bertz CT molecular complexity index is 766. The van der Waals surface area contributed by atoms with Gasteiger partial charge in [0.1, 0.15) is 0 Å². The minimum atomic E-state index is -0.127. The summed E-state index contributed by atoms with van der Waals surface area (Å²) in [4.78, 5) is 0. The zero-order chi connectivity index (χ0) is 22.6. The highest BCUT2D eigenvalue weighted by atomic mass is 16.3. The van der Waals surface area contributed by atoms with Gasteiger partial charge in [-0.1, -0.05) is 46.8 Å². The average molecular weight is 426 g/mol. The fourth-order valence-corrected chi connectivity index (χ4v) is 11.3. The summed E-state index contributed by atoms with van der Waals surface area (Å²) in [6.45, 7) is 24.4. The zero-order valence-corrected chi connectivity index (χ0v) is 21.4. The minimum Gasteiger partial charge on any atom is -0.393 e. The molecular weight excluding hydrogens is 376 g/mol. The van der Waals surface area contributed by atoms with E-state index in [0.717, 1.165) is 24.2 Å². The number of rotatable bonds is 1. The third kappa shape index (κ3) is 2.65. The van der Waals surface area contributed by atoms with Crippen LogP contribution in [0.5, 0.6) is 0 Å². The van der Waals surface area contributed by atoms with Crippen LogP contribution in [0, 0.1) is 63.6 Å². The van der Waals surface area contributed by atoms with Crippen molar-refractivity contribution < 1.29 is 5.11 Å². The number of fused-ring (bicyclic) bond motifs is 7. The van der Waals surface area contributed by atoms with Crippen LogP contribution in [-0.4, -0.2) is 11.2 Å². The molecule has 5 rings (SSSR count). The molecule has 10 atom stereocenters. The zero-order valence-electron chi connectivity index (χ0n) is 21.4. The molecular formula is C30H49O. The van der Waals surface area contributed by atoms with Gasteiger partial charge >= 0.3 is 0 Å². The monoisotopic (exact) mass is 425 g/mol. The maximum Gasteiger partial charge on any atom is 0.0594 e. The van der Waals surface area contributed by atoms with E-state index >= 15 is 0 Å². The standard InChI is InChI=1S/C30H49O/c1-19(2)20-11-14-27(5)17-18-29(7)21(25(20)27)9-10-23-28(6)15-13-24(31)26(3,4)22(28)12-16-30(23,29)8/h20-25,31H,1,5,9-18H2,2-4,6-8H3/t20-,21+,22-,23+,24-,25+,27+,28-,29+,30+/m0/s1. The van der Waals surface area contributed by atoms with E-state index in [2.05, 4.69) is 48.1 Å². The summed E-state index contributed by atoms with van der Waals surface area (Å²) < 4.78 is 0. The molecule has 5 fully saturated rings. The Labute approximate surface area is 192 Å². The van der Waals surface area contributed by atoms with Crippen molar-refractivity contribution in [3.05, 3.63) is 19.1 Å². The molecule has 0 unspecified atom stereocenters. The molecule has 5 saturated carbocycles. The van der Waals surface area contributed by atoms with Crippen molar-refractivity contribution in [3.8, 4) is 0 Å². The summed E-state index contributed by atoms with van der Waals surface area (Å²) in [5, 5.41) is 10.9. The summed E-state index contributed by atoms with van der Waals surface area (Å²) in [5.41, 5.74) is 3.00. The number of hydrogen-bond donors (Lipinski definition) is 1. The van der Waals surface area contributed by atoms with E-state index < -0.39 is 0 Å². The van der Waals surface area contributed by atoms with Crippen LogP contribution in [-0.2, 0) is 0 Å². The lowest BCUT2D eigenvalue weighted by molar-refractivity contribution is -0.245. The van der Waals surface area contributed by atoms with Gasteiger partial charge < -0.3 is 5.11 Å². The van der Waals surface area contributed by atoms with Gasteiger partial charge in [0.15, 0.2) is 0 Å². The average Bonchev–Trinajstić information content (AvgIpc) is 3.04. The second kappa shape index (κ2) is 6.64. The van der Waals surface area contributed by atoms with Gasteiger partial charge in [-0.2, -0.15) is 0 Å². The molecule has 0 amide bonds. The van der Waals surface area contributed by atoms with E-state index in [-0.39, 0.29) is 11.5 Å². The molecule has 175 valence electrons. The summed E-state index contributed by atoms with van der Waals surface area (Å²) in [6.07, 6.45) is 12.9. The van der Waals surface area contributed by atoms with Crippen molar-refractivity contribution in [2.24, 2.45) is 56.7 Å². The molecule has 0 aromatic carbocycles. The Morgan fingerprint density at radius 3 is 2.16 bits per heavy atom. The van der Waals surface area contributed by atoms with Crippen LogP contribution in [0.2, 0.25) is 0 Å². The fourth-order valence-electron chi connectivity index (χ4n) is 11.3. The predicted octanol–water partition coefficient (Wildman–Crippen LogP) is 7.84. The molecule has 5 aliphatic rings. The molecule has 31 heavy (non-hydrogen) atoms. The molecule has 0 bridgehead atoms. The maximum atomic E-state index is 10.9. The molecule has 1 heteroatoms. The lowest BCUT2D eigenvalue weighted by Gasteiger charge is -2.73. The third-order valence-electron chi connectivity index (χ3n) is 13.2. The van der Waals surface area contributed by atoms with Gasteiger partial charge in [-0.25, -0.2) is 0 Å². The molecule has 1 N–H and O–H groups in total. The molecule has 0 spiro atoms. The maximum absolute atomic E-state index is 10.9. The SMILES string of the molecule is [CH2][C@]12CC[C@@H](C(=C)C)[C@@H]1[C@H]1CC[C@@H]3[C@@]4(C)CC[C@H](O)C(C)(C)[C@@H]4CC[C@@]3(C)[C@]1(C)CC2. The van der Waals surface area contributed by atoms with Gasteiger partial charge in [-0.05, 0) is 135 Å². The van der Waals surface area contributed by atoms with Gasteiger partial charge in [-0.3, -0.25) is 0 Å². The van der Waals surface area contributed by atoms with Crippen LogP contribution in [0.15, 0.2) is 12.2 Å². The first-order valence-electron chi connectivity index (χ1n) is 13.5. The fraction of sp³-hybridized carbons (Fsp3) is 0.900. The van der Waals surface area contributed by atoms with E-state index in [9.17, 15) is 5.11 Å². The van der Waals surface area contributed by atoms with Crippen LogP contribution in [0.4, 0.5) is 0 Å². The molecule has 0 heterocycles. The molecule has 5 aliphatic carbocycles. The number of aliphatic hydroxyl groups is 1. The van der Waals surface area contributed by atoms with Gasteiger partial charge in [0.25, 0.3) is 0 Å². The summed E-state index contributed by atoms with van der Waals surface area (Å²) in [7, 11) is 0. The van der Waals surface area contributed by atoms with E-state index in [1.54, 1.807) is 0 Å². The van der Waals surface area contributed by atoms with Gasteiger partial charge in [0.05, 0.1) is 6.10 Å². The molecule has 0 aromatic heterocycles. The Morgan fingerprint density at radius 2 is 1.48 bits per heavy atom. The number of allylic oxidation sites excluding steroid dienone is 1. The Balaban J connectivity index is 1.54. The first kappa shape index (κ1) is 22.5. The lowest BCUT2D eigenvalue weighted by Crippen LogP contribution is -2.66. The van der Waals surface area contributed by atoms with Crippen molar-refractivity contribution in [1.29, 1.82) is 0 Å². The van der Waals surface area contributed by atoms with Crippen LogP contribution in [0.25, 0.3) is 0 Å². The normalized spacial score (nSPS) is 57.9. The Kier molecular flexibility index (Phi) is 4.82. The third-order valence-corrected chi connectivity index (χ3v) is 13.2. The Morgan fingerprint density at radius 1 is 0.774 bits per heavy atom. The second-order valence-corrected chi connectivity index (χ2v) is 14.4. The quantitative estimate of drug-likeness (QED) is 0.424. The van der Waals surface area contributed by atoms with Crippen LogP contribution in [0.3, 0.4) is 0 Å². The first-order chi connectivity index (χ1) is 14.3. The Hall–Kier alpha value is -0.300. The van der Waals surface area contributed by atoms with Gasteiger partial charge in [-0.15, -0.1) is 0 Å². The van der Waals surface area contributed by atoms with E-state index in [4.69, 9.17) is 6.92 Å². The van der Waals surface area contributed by atoms with E-state index in [1.807, 2.05) is 0 Å². The molecule has 1 nitrogen and oxygen atoms in total. The van der Waals surface area contributed by atoms with Crippen LogP contribution < -0.4 is 0 Å². The summed E-state index contributed by atoms with van der Waals surface area (Å²) in [5.74, 6) is 3.71. The highest BCUT2D eigenvalue weighted by Gasteiger charge is 2.70. The van der Waals surface area contributed by atoms with Crippen LogP contribution >= 0.6 is 0 Å². The number of hydrogen-bond acceptors (Lipinski definition) is 1. The second-order valence-electron chi connectivity index (χ2n) is 14.4. The highest BCUT2D eigenvalue weighted by Crippen LogP contribution is 2.77. The van der Waals surface area contributed by atoms with Crippen molar-refractivity contribution in [1.82, 2.24) is 0 Å². The summed E-state index contributed by atoms with van der Waals surface area (Å²) in [6, 6.07) is 0. The van der Waals surface area contributed by atoms with E-state index in [0.29, 0.717) is 33.5 Å². The molecule has 0 saturated heterocycles. The smallest absolute Gasteiger partial charge is 0.0594 e. The van der Waals surface area contributed by atoms with Gasteiger partial charge in [0, 0.05) is 0 Å². The first-order valence-corrected chi connectivity index (χ1v) is 13.5. The molecule has 1 radical (unpaired) electrons. The lowest BCUT2D eigenvalue weighted by atomic mass is 9.32. The van der Waals surface area contributed by atoms with Crippen molar-refractivity contribution in [3.63, 3.8) is 0 Å². The van der Waals surface area contributed by atoms with Crippen molar-refractivity contribution >= 4 is 0 Å². The largest absolute Gasteiger partial charge is 0.393 e. The van der Waals surface area contributed by atoms with Crippen LogP contribution in [0.1, 0.15) is 106 Å². The van der Waals surface area contributed by atoms with Crippen molar-refractivity contribution in [2.75, 3.05) is 0 Å². The van der Waals surface area contributed by atoms with E-state index in [1.165, 1.54) is 63.4 Å². The minimum absolute atomic E-state index is 0.0532. The predicted molar refractivity (Wildman–Crippen MR) is 130 cm³/mol. The summed E-state index contributed by atoms with van der Waals surface area (Å²) >= 11 is 0. The van der Waals surface area contributed by atoms with Gasteiger partial charge in [0.2, 0.25) is 0 Å². The van der Waals surface area contributed by atoms with Crippen molar-refractivity contribution in [2.45, 2.75) is 112 Å². The molecule has 0 aromatic rings. The molecule has 0 aliphatic heterocycles.